The maximum atomic E-state index is 6.52. The topological polar surface area (TPSA) is 27.1 Å². The van der Waals surface area contributed by atoms with Gasteiger partial charge in [0.25, 0.3) is 0 Å². The number of nitrogens with zero attached hydrogens (tertiary/aromatic N) is 2. The molecule has 100 valence electrons. The van der Waals surface area contributed by atoms with E-state index in [1.807, 2.05) is 28.9 Å². The number of hydrogen-bond acceptors (Lipinski definition) is 2. The minimum atomic E-state index is 0.737. The van der Waals surface area contributed by atoms with Crippen LogP contribution in [0, 0.1) is 0 Å². The van der Waals surface area contributed by atoms with Crippen LogP contribution in [0.5, 0.6) is 5.75 Å². The Morgan fingerprint density at radius 1 is 1.16 bits per heavy atom. The molecule has 1 aromatic carbocycles. The fourth-order valence-electron chi connectivity index (χ4n) is 2.66. The fraction of sp³-hybridized carbons (Fsp3) is 0.400. The van der Waals surface area contributed by atoms with Gasteiger partial charge < -0.3 is 4.74 Å². The molecule has 0 radical (unpaired) electrons. The molecule has 3 nitrogen and oxygen atoms in total. The number of aromatic nitrogens is 2. The van der Waals surface area contributed by atoms with Crippen molar-refractivity contribution in [3.63, 3.8) is 0 Å². The molecular formula is C15H17ClN2O. The lowest BCUT2D eigenvalue weighted by atomic mass is 10.1. The first-order valence-corrected chi connectivity index (χ1v) is 7.08. The molecule has 0 bridgehead atoms. The molecule has 0 unspecified atom stereocenters. The molecule has 0 amide bonds. The van der Waals surface area contributed by atoms with Gasteiger partial charge in [0.15, 0.2) is 0 Å². The van der Waals surface area contributed by atoms with E-state index in [0.717, 1.165) is 35.1 Å². The lowest BCUT2D eigenvalue weighted by Crippen LogP contribution is -2.00. The van der Waals surface area contributed by atoms with E-state index in [9.17, 15) is 0 Å². The van der Waals surface area contributed by atoms with Gasteiger partial charge in [-0.15, -0.1) is 0 Å². The quantitative estimate of drug-likeness (QED) is 0.780. The average molecular weight is 277 g/mol. The minimum absolute atomic E-state index is 0.737. The van der Waals surface area contributed by atoms with Crippen LogP contribution in [0.25, 0.3) is 5.69 Å². The lowest BCUT2D eigenvalue weighted by Gasteiger charge is -2.09. The van der Waals surface area contributed by atoms with Gasteiger partial charge in [-0.3, -0.25) is 0 Å². The molecule has 4 heteroatoms. The van der Waals surface area contributed by atoms with Gasteiger partial charge in [0.05, 0.1) is 12.8 Å². The van der Waals surface area contributed by atoms with Crippen molar-refractivity contribution in [2.24, 2.45) is 0 Å². The highest BCUT2D eigenvalue weighted by atomic mass is 35.5. The summed E-state index contributed by atoms with van der Waals surface area (Å²) in [5, 5.41) is 5.43. The van der Waals surface area contributed by atoms with Crippen molar-refractivity contribution in [1.29, 1.82) is 0 Å². The van der Waals surface area contributed by atoms with Gasteiger partial charge in [0.2, 0.25) is 0 Å². The van der Waals surface area contributed by atoms with Crippen molar-refractivity contribution in [3.05, 3.63) is 40.7 Å². The zero-order chi connectivity index (χ0) is 13.2. The molecule has 1 aliphatic rings. The van der Waals surface area contributed by atoms with Gasteiger partial charge in [-0.05, 0) is 37.8 Å². The number of aryl methyl sites for hydroxylation is 1. The summed E-state index contributed by atoms with van der Waals surface area (Å²) in [5.41, 5.74) is 3.27. The molecule has 0 atom stereocenters. The first kappa shape index (κ1) is 12.5. The zero-order valence-electron chi connectivity index (χ0n) is 11.0. The van der Waals surface area contributed by atoms with Gasteiger partial charge >= 0.3 is 0 Å². The van der Waals surface area contributed by atoms with Gasteiger partial charge in [0, 0.05) is 5.56 Å². The Morgan fingerprint density at radius 3 is 2.79 bits per heavy atom. The summed E-state index contributed by atoms with van der Waals surface area (Å²) in [6.45, 7) is 0. The summed E-state index contributed by atoms with van der Waals surface area (Å²) in [5.74, 6) is 0.794. The highest BCUT2D eigenvalue weighted by Crippen LogP contribution is 2.31. The zero-order valence-corrected chi connectivity index (χ0v) is 11.8. The predicted molar refractivity (Wildman–Crippen MR) is 76.4 cm³/mol. The van der Waals surface area contributed by atoms with Crippen LogP contribution < -0.4 is 4.74 Å². The summed E-state index contributed by atoms with van der Waals surface area (Å²) in [4.78, 5) is 0. The van der Waals surface area contributed by atoms with Crippen molar-refractivity contribution in [2.45, 2.75) is 32.1 Å². The van der Waals surface area contributed by atoms with Gasteiger partial charge in [-0.25, -0.2) is 4.68 Å². The molecular weight excluding hydrogens is 260 g/mol. The van der Waals surface area contributed by atoms with Crippen molar-refractivity contribution < 1.29 is 4.74 Å². The molecule has 1 aliphatic carbocycles. The smallest absolute Gasteiger partial charge is 0.144 e. The van der Waals surface area contributed by atoms with Crippen LogP contribution in [0.3, 0.4) is 0 Å². The van der Waals surface area contributed by atoms with E-state index < -0.39 is 0 Å². The van der Waals surface area contributed by atoms with E-state index in [0.29, 0.717) is 0 Å². The predicted octanol–water partition coefficient (Wildman–Crippen LogP) is 3.80. The summed E-state index contributed by atoms with van der Waals surface area (Å²) in [6, 6.07) is 7.83. The number of fused-ring (bicyclic) bond motifs is 1. The number of benzene rings is 1. The number of methoxy groups -OCH3 is 1. The molecule has 1 aromatic heterocycles. The molecule has 3 rings (SSSR count). The molecule has 0 N–H and O–H groups in total. The standard InChI is InChI=1S/C15H17ClN2O/c1-19-14-10-6-5-9-13(14)18-15(16)11-7-3-2-4-8-12(11)17-18/h5-6,9-10H,2-4,7-8H2,1H3. The number of para-hydroxylation sites is 2. The SMILES string of the molecule is COc1ccccc1-n1nc2c(c1Cl)CCCCC2. The molecule has 0 saturated heterocycles. The Hall–Kier alpha value is -1.48. The Balaban J connectivity index is 2.11. The van der Waals surface area contributed by atoms with E-state index >= 15 is 0 Å². The van der Waals surface area contributed by atoms with Crippen molar-refractivity contribution in [3.8, 4) is 11.4 Å². The van der Waals surface area contributed by atoms with Crippen LogP contribution in [-0.4, -0.2) is 16.9 Å². The van der Waals surface area contributed by atoms with Crippen LogP contribution in [0.1, 0.15) is 30.5 Å². The highest BCUT2D eigenvalue weighted by Gasteiger charge is 2.20. The average Bonchev–Trinajstić information content (AvgIpc) is 2.64. The van der Waals surface area contributed by atoms with Crippen LogP contribution in [0.2, 0.25) is 5.15 Å². The lowest BCUT2D eigenvalue weighted by molar-refractivity contribution is 0.411. The second-order valence-electron chi connectivity index (χ2n) is 4.86. The second kappa shape index (κ2) is 5.25. The van der Waals surface area contributed by atoms with Gasteiger partial charge in [-0.1, -0.05) is 30.2 Å². The minimum Gasteiger partial charge on any atom is -0.494 e. The van der Waals surface area contributed by atoms with E-state index in [4.69, 9.17) is 21.4 Å². The molecule has 0 aliphatic heterocycles. The van der Waals surface area contributed by atoms with E-state index in [2.05, 4.69) is 0 Å². The van der Waals surface area contributed by atoms with Crippen molar-refractivity contribution in [2.75, 3.05) is 7.11 Å². The molecule has 0 spiro atoms. The van der Waals surface area contributed by atoms with E-state index in [1.54, 1.807) is 7.11 Å². The van der Waals surface area contributed by atoms with Crippen LogP contribution >= 0.6 is 11.6 Å². The highest BCUT2D eigenvalue weighted by molar-refractivity contribution is 6.30. The van der Waals surface area contributed by atoms with Crippen LogP contribution in [0.15, 0.2) is 24.3 Å². The van der Waals surface area contributed by atoms with E-state index in [1.165, 1.54) is 24.8 Å². The largest absolute Gasteiger partial charge is 0.494 e. The fourth-order valence-corrected chi connectivity index (χ4v) is 2.99. The van der Waals surface area contributed by atoms with Gasteiger partial charge in [0.1, 0.15) is 16.6 Å². The molecule has 2 aromatic rings. The Bertz CT molecular complexity index is 592. The van der Waals surface area contributed by atoms with Gasteiger partial charge in [-0.2, -0.15) is 5.10 Å². The number of hydrogen-bond donors (Lipinski definition) is 0. The molecule has 19 heavy (non-hydrogen) atoms. The van der Waals surface area contributed by atoms with Crippen molar-refractivity contribution in [1.82, 2.24) is 9.78 Å². The first-order valence-electron chi connectivity index (χ1n) is 6.71. The number of ether oxygens (including phenoxy) is 1. The van der Waals surface area contributed by atoms with Crippen molar-refractivity contribution >= 4 is 11.6 Å². The summed E-state index contributed by atoms with van der Waals surface area (Å²) in [7, 11) is 1.67. The summed E-state index contributed by atoms with van der Waals surface area (Å²) < 4.78 is 7.21. The Kier molecular flexibility index (Phi) is 3.47. The summed E-state index contributed by atoms with van der Waals surface area (Å²) >= 11 is 6.52. The molecule has 1 heterocycles. The Morgan fingerprint density at radius 2 is 1.95 bits per heavy atom. The third kappa shape index (κ3) is 2.23. The normalized spacial score (nSPS) is 14.8. The third-order valence-electron chi connectivity index (χ3n) is 3.66. The third-order valence-corrected chi connectivity index (χ3v) is 4.05. The Labute approximate surface area is 118 Å². The second-order valence-corrected chi connectivity index (χ2v) is 5.22. The van der Waals surface area contributed by atoms with Crippen LogP contribution in [0.4, 0.5) is 0 Å². The summed E-state index contributed by atoms with van der Waals surface area (Å²) in [6.07, 6.45) is 5.72. The number of rotatable bonds is 2. The monoisotopic (exact) mass is 276 g/mol. The molecule has 0 saturated carbocycles. The number of halogens is 1. The maximum Gasteiger partial charge on any atom is 0.144 e. The maximum absolute atomic E-state index is 6.52. The molecule has 0 fully saturated rings. The first-order chi connectivity index (χ1) is 9.31. The van der Waals surface area contributed by atoms with Crippen LogP contribution in [-0.2, 0) is 12.8 Å². The van der Waals surface area contributed by atoms with E-state index in [-0.39, 0.29) is 0 Å².